The average Bonchev–Trinajstić information content (AvgIpc) is 1.87. The Morgan fingerprint density at radius 3 is 2.67 bits per heavy atom. The van der Waals surface area contributed by atoms with E-state index in [1.807, 2.05) is 0 Å². The zero-order valence-corrected chi connectivity index (χ0v) is 6.30. The van der Waals surface area contributed by atoms with Crippen LogP contribution >= 0.6 is 8.61 Å². The molecule has 1 N–H and O–H groups in total. The summed E-state index contributed by atoms with van der Waals surface area (Å²) in [5.41, 5.74) is 0. The molecule has 0 aromatic carbocycles. The molecule has 0 amide bonds. The fourth-order valence-electron chi connectivity index (χ4n) is 0.324. The zero-order chi connectivity index (χ0) is 7.28. The molecule has 0 saturated carbocycles. The summed E-state index contributed by atoms with van der Waals surface area (Å²) in [4.78, 5) is 10.5. The Kier molecular flexibility index (Phi) is 4.18. The number of methoxy groups -OCH3 is 1. The van der Waals surface area contributed by atoms with E-state index in [1.165, 1.54) is 7.11 Å². The third kappa shape index (κ3) is 3.16. The van der Waals surface area contributed by atoms with E-state index in [2.05, 4.69) is 9.82 Å². The maximum absolute atomic E-state index is 10.5. The van der Waals surface area contributed by atoms with Gasteiger partial charge in [0, 0.05) is 0 Å². The van der Waals surface area contributed by atoms with Crippen molar-refractivity contribution in [2.45, 2.75) is 13.0 Å². The SMILES string of the molecule is COC(=O)[C@H](C)N[PH]=O. The van der Waals surface area contributed by atoms with Crippen LogP contribution in [0.5, 0.6) is 0 Å². The Labute approximate surface area is 54.8 Å². The molecule has 2 atom stereocenters. The summed E-state index contributed by atoms with van der Waals surface area (Å²) in [5, 5.41) is 2.39. The molecular weight excluding hydrogens is 141 g/mol. The van der Waals surface area contributed by atoms with Crippen molar-refractivity contribution in [3.8, 4) is 0 Å². The Balaban J connectivity index is 3.58. The molecule has 9 heavy (non-hydrogen) atoms. The lowest BCUT2D eigenvalue weighted by molar-refractivity contribution is -0.142. The topological polar surface area (TPSA) is 55.4 Å². The highest BCUT2D eigenvalue weighted by molar-refractivity contribution is 7.21. The van der Waals surface area contributed by atoms with Crippen molar-refractivity contribution in [2.75, 3.05) is 7.11 Å². The van der Waals surface area contributed by atoms with Gasteiger partial charge in [0.25, 0.3) is 0 Å². The van der Waals surface area contributed by atoms with E-state index in [0.717, 1.165) is 0 Å². The normalized spacial score (nSPS) is 13.1. The molecule has 0 rings (SSSR count). The van der Waals surface area contributed by atoms with Crippen molar-refractivity contribution in [1.29, 1.82) is 0 Å². The molecule has 0 spiro atoms. The first kappa shape index (κ1) is 8.53. The molecule has 0 aromatic heterocycles. The van der Waals surface area contributed by atoms with Crippen LogP contribution in [0.4, 0.5) is 0 Å². The predicted octanol–water partition coefficient (Wildman–Crippen LogP) is 0.0765. The molecule has 53 valence electrons. The van der Waals surface area contributed by atoms with Crippen LogP contribution in [-0.2, 0) is 14.1 Å². The lowest BCUT2D eigenvalue weighted by atomic mass is 10.4. The lowest BCUT2D eigenvalue weighted by Gasteiger charge is -2.03. The second-order valence-electron chi connectivity index (χ2n) is 1.49. The van der Waals surface area contributed by atoms with Gasteiger partial charge in [0.05, 0.1) is 7.11 Å². The van der Waals surface area contributed by atoms with Gasteiger partial charge in [-0.3, -0.25) is 9.36 Å². The fourth-order valence-corrected chi connectivity index (χ4v) is 0.619. The lowest BCUT2D eigenvalue weighted by Crippen LogP contribution is -2.28. The second kappa shape index (κ2) is 4.41. The van der Waals surface area contributed by atoms with Crippen LogP contribution in [0, 0.1) is 0 Å². The number of carbonyl (C=O) groups is 1. The molecule has 0 heterocycles. The number of nitrogens with one attached hydrogen (secondary N) is 1. The first-order chi connectivity index (χ1) is 4.22. The maximum atomic E-state index is 10.5. The summed E-state index contributed by atoms with van der Waals surface area (Å²) in [6.07, 6.45) is 0. The molecule has 0 fully saturated rings. The number of hydrogen-bond acceptors (Lipinski definition) is 3. The van der Waals surface area contributed by atoms with Gasteiger partial charge in [-0.1, -0.05) is 0 Å². The van der Waals surface area contributed by atoms with Gasteiger partial charge >= 0.3 is 5.97 Å². The molecule has 4 nitrogen and oxygen atoms in total. The summed E-state index contributed by atoms with van der Waals surface area (Å²) in [6, 6.07) is -0.481. The van der Waals surface area contributed by atoms with Gasteiger partial charge in [-0.25, -0.2) is 5.09 Å². The molecule has 0 aliphatic rings. The number of ether oxygens (including phenoxy) is 1. The van der Waals surface area contributed by atoms with Crippen molar-refractivity contribution < 1.29 is 14.1 Å². The van der Waals surface area contributed by atoms with Crippen molar-refractivity contribution in [1.82, 2.24) is 5.09 Å². The quantitative estimate of drug-likeness (QED) is 0.457. The van der Waals surface area contributed by atoms with E-state index in [-0.39, 0.29) is 0 Å². The van der Waals surface area contributed by atoms with Gasteiger partial charge in [0.2, 0.25) is 0 Å². The standard InChI is InChI=1S/C4H9NO3P/c1-3(5-9-7)4(6)8-2/h3,9H,1-2H3,(H,5,7)/t3-/m0/s1. The van der Waals surface area contributed by atoms with E-state index in [9.17, 15) is 9.36 Å². The Morgan fingerprint density at radius 2 is 2.33 bits per heavy atom. The number of esters is 1. The van der Waals surface area contributed by atoms with E-state index >= 15 is 0 Å². The third-order valence-electron chi connectivity index (χ3n) is 0.830. The molecule has 0 saturated heterocycles. The molecule has 0 aliphatic heterocycles. The summed E-state index contributed by atoms with van der Waals surface area (Å²) in [6.45, 7) is 1.58. The van der Waals surface area contributed by atoms with Gasteiger partial charge < -0.3 is 4.74 Å². The van der Waals surface area contributed by atoms with E-state index in [1.54, 1.807) is 6.92 Å². The Bertz CT molecular complexity index is 116. The molecule has 1 unspecified atom stereocenters. The summed E-state index contributed by atoms with van der Waals surface area (Å²) in [5.74, 6) is -0.404. The first-order valence-electron chi connectivity index (χ1n) is 2.43. The molecule has 0 aromatic rings. The van der Waals surface area contributed by atoms with Crippen molar-refractivity contribution in [2.24, 2.45) is 0 Å². The van der Waals surface area contributed by atoms with E-state index in [0.29, 0.717) is 0 Å². The highest BCUT2D eigenvalue weighted by atomic mass is 31.1. The zero-order valence-electron chi connectivity index (χ0n) is 5.30. The van der Waals surface area contributed by atoms with Gasteiger partial charge in [-0.2, -0.15) is 0 Å². The minimum absolute atomic E-state index is 0.404. The van der Waals surface area contributed by atoms with Crippen LogP contribution in [-0.4, -0.2) is 19.1 Å². The molecular formula is C4H9NO3P. The highest BCUT2D eigenvalue weighted by Gasteiger charge is 2.09. The monoisotopic (exact) mass is 150 g/mol. The number of rotatable bonds is 3. The van der Waals surface area contributed by atoms with Crippen LogP contribution in [0.1, 0.15) is 6.92 Å². The molecule has 0 bridgehead atoms. The van der Waals surface area contributed by atoms with E-state index in [4.69, 9.17) is 0 Å². The van der Waals surface area contributed by atoms with Crippen molar-refractivity contribution in [3.63, 3.8) is 0 Å². The highest BCUT2D eigenvalue weighted by Crippen LogP contribution is 1.90. The van der Waals surface area contributed by atoms with Gasteiger partial charge in [0.1, 0.15) is 14.7 Å². The maximum Gasteiger partial charge on any atom is 0.323 e. The Hall–Kier alpha value is -0.470. The average molecular weight is 150 g/mol. The smallest absolute Gasteiger partial charge is 0.323 e. The van der Waals surface area contributed by atoms with Gasteiger partial charge in [-0.15, -0.1) is 0 Å². The van der Waals surface area contributed by atoms with Crippen LogP contribution in [0.2, 0.25) is 0 Å². The second-order valence-corrected chi connectivity index (χ2v) is 1.98. The van der Waals surface area contributed by atoms with Gasteiger partial charge in [-0.05, 0) is 6.92 Å². The summed E-state index contributed by atoms with van der Waals surface area (Å²) < 4.78 is 14.2. The van der Waals surface area contributed by atoms with Gasteiger partial charge in [0.15, 0.2) is 0 Å². The molecule has 1 radical (unpaired) electrons. The Morgan fingerprint density at radius 1 is 1.78 bits per heavy atom. The third-order valence-corrected chi connectivity index (χ3v) is 1.38. The van der Waals surface area contributed by atoms with Crippen LogP contribution in [0.25, 0.3) is 0 Å². The van der Waals surface area contributed by atoms with Crippen molar-refractivity contribution >= 4 is 14.6 Å². The van der Waals surface area contributed by atoms with Crippen LogP contribution < -0.4 is 5.09 Å². The predicted molar refractivity (Wildman–Crippen MR) is 33.6 cm³/mol. The summed E-state index contributed by atoms with van der Waals surface area (Å²) >= 11 is 0. The minimum Gasteiger partial charge on any atom is -0.468 e. The minimum atomic E-state index is -0.667. The van der Waals surface area contributed by atoms with Crippen LogP contribution in [0.15, 0.2) is 0 Å². The molecule has 0 aliphatic carbocycles. The van der Waals surface area contributed by atoms with E-state index < -0.39 is 20.6 Å². The number of hydrogen-bond donors (Lipinski definition) is 1. The summed E-state index contributed by atoms with van der Waals surface area (Å²) in [7, 11) is 0.619. The molecule has 5 heteroatoms. The van der Waals surface area contributed by atoms with Crippen LogP contribution in [0.3, 0.4) is 0 Å². The largest absolute Gasteiger partial charge is 0.468 e. The number of carbonyl (C=O) groups excluding carboxylic acids is 1. The fraction of sp³-hybridized carbons (Fsp3) is 0.750. The van der Waals surface area contributed by atoms with Crippen molar-refractivity contribution in [3.05, 3.63) is 0 Å². The first-order valence-corrected chi connectivity index (χ1v) is 3.33.